The van der Waals surface area contributed by atoms with Crippen molar-refractivity contribution in [3.05, 3.63) is 0 Å². The minimum Gasteiger partial charge on any atom is -0.374 e. The Bertz CT molecular complexity index is 173. The molecule has 1 nitrogen and oxygen atoms in total. The van der Waals surface area contributed by atoms with Crippen LogP contribution in [-0.2, 0) is 4.74 Å². The molecule has 0 amide bonds. The van der Waals surface area contributed by atoms with Crippen molar-refractivity contribution < 1.29 is 4.74 Å². The molecule has 0 aromatic heterocycles. The summed E-state index contributed by atoms with van der Waals surface area (Å²) in [4.78, 5) is 0. The summed E-state index contributed by atoms with van der Waals surface area (Å²) in [7, 11) is 0. The van der Waals surface area contributed by atoms with E-state index in [9.17, 15) is 0 Å². The van der Waals surface area contributed by atoms with Gasteiger partial charge in [-0.05, 0) is 37.5 Å². The van der Waals surface area contributed by atoms with Crippen molar-refractivity contribution in [2.24, 2.45) is 11.8 Å². The quantitative estimate of drug-likeness (QED) is 0.604. The van der Waals surface area contributed by atoms with Crippen LogP contribution in [0.5, 0.6) is 0 Å². The smallest absolute Gasteiger partial charge is 0.0712 e. The van der Waals surface area contributed by atoms with Gasteiger partial charge in [-0.1, -0.05) is 13.8 Å². The lowest BCUT2D eigenvalue weighted by Crippen LogP contribution is -2.19. The van der Waals surface area contributed by atoms with E-state index >= 15 is 0 Å². The Morgan fingerprint density at radius 2 is 1.85 bits per heavy atom. The first-order chi connectivity index (χ1) is 6.23. The van der Waals surface area contributed by atoms with Crippen molar-refractivity contribution in [2.45, 2.75) is 45.1 Å². The summed E-state index contributed by atoms with van der Waals surface area (Å²) in [5, 5.41) is 0. The van der Waals surface area contributed by atoms with E-state index in [0.29, 0.717) is 11.5 Å². The van der Waals surface area contributed by atoms with Crippen LogP contribution in [0.2, 0.25) is 0 Å². The van der Waals surface area contributed by atoms with Gasteiger partial charge in [-0.15, -0.1) is 12.8 Å². The fourth-order valence-corrected chi connectivity index (χ4v) is 1.74. The predicted molar refractivity (Wildman–Crippen MR) is 55.4 cm³/mol. The maximum Gasteiger partial charge on any atom is 0.0712 e. The molecular weight excluding hydrogens is 160 g/mol. The molecule has 0 atom stereocenters. The molecule has 13 heavy (non-hydrogen) atoms. The Kier molecular flexibility index (Phi) is 3.39. The summed E-state index contributed by atoms with van der Waals surface area (Å²) in [5.74, 6) is 1.65. The van der Waals surface area contributed by atoms with Gasteiger partial charge in [-0.3, -0.25) is 0 Å². The summed E-state index contributed by atoms with van der Waals surface area (Å²) in [6.07, 6.45) is 13.5. The van der Waals surface area contributed by atoms with Gasteiger partial charge in [0.2, 0.25) is 0 Å². The lowest BCUT2D eigenvalue weighted by molar-refractivity contribution is 0.00188. The maximum atomic E-state index is 5.93. The molecule has 2 saturated carbocycles. The molecule has 0 aliphatic heterocycles. The van der Waals surface area contributed by atoms with E-state index in [1.165, 1.54) is 25.7 Å². The summed E-state index contributed by atoms with van der Waals surface area (Å²) in [5.41, 5.74) is 0.393. The van der Waals surface area contributed by atoms with Gasteiger partial charge in [0.05, 0.1) is 5.60 Å². The number of hydrogen-bond acceptors (Lipinski definition) is 1. The maximum absolute atomic E-state index is 5.93. The minimum absolute atomic E-state index is 0.393. The van der Waals surface area contributed by atoms with Crippen LogP contribution in [0, 0.1) is 24.7 Å². The summed E-state index contributed by atoms with van der Waals surface area (Å²) in [6.45, 7) is 5.42. The van der Waals surface area contributed by atoms with Gasteiger partial charge in [-0.2, -0.15) is 0 Å². The molecule has 0 saturated heterocycles. The van der Waals surface area contributed by atoms with Crippen LogP contribution in [0.25, 0.3) is 0 Å². The lowest BCUT2D eigenvalue weighted by Gasteiger charge is -2.16. The summed E-state index contributed by atoms with van der Waals surface area (Å²) in [6, 6.07) is 0. The van der Waals surface area contributed by atoms with E-state index in [1.807, 2.05) is 0 Å². The molecule has 0 spiro atoms. The Morgan fingerprint density at radius 3 is 2.15 bits per heavy atom. The van der Waals surface area contributed by atoms with Crippen LogP contribution in [0.15, 0.2) is 0 Å². The van der Waals surface area contributed by atoms with Crippen molar-refractivity contribution >= 4 is 0 Å². The van der Waals surface area contributed by atoms with Gasteiger partial charge in [0.15, 0.2) is 0 Å². The predicted octanol–water partition coefficient (Wildman–Crippen LogP) is 2.85. The zero-order valence-electron chi connectivity index (χ0n) is 8.75. The Hall–Kier alpha value is -0.480. The topological polar surface area (TPSA) is 9.23 Å². The number of hydrogen-bond donors (Lipinski definition) is 0. The normalized spacial score (nSPS) is 23.5. The van der Waals surface area contributed by atoms with Crippen molar-refractivity contribution in [1.29, 1.82) is 0 Å². The molecule has 0 unspecified atom stereocenters. The molecule has 0 heterocycles. The Balaban J connectivity index is 0.000000396. The molecule has 2 aliphatic carbocycles. The molecule has 2 fully saturated rings. The molecule has 0 aromatic rings. The fraction of sp³-hybridized carbons (Fsp3) is 0.833. The zero-order chi connectivity index (χ0) is 9.90. The second-order valence-corrected chi connectivity index (χ2v) is 4.54. The van der Waals surface area contributed by atoms with Gasteiger partial charge in [0.25, 0.3) is 0 Å². The standard InChI is InChI=1S/C10H18O.C2H2/c1-8(2)7-11-10(5-6-10)9-3-4-9;1-2/h8-9H,3-7H2,1-2H3;1-2H. The van der Waals surface area contributed by atoms with Crippen molar-refractivity contribution in [2.75, 3.05) is 6.61 Å². The second kappa shape index (κ2) is 4.15. The van der Waals surface area contributed by atoms with Crippen LogP contribution in [0.3, 0.4) is 0 Å². The molecule has 74 valence electrons. The van der Waals surface area contributed by atoms with E-state index in [2.05, 4.69) is 26.7 Å². The largest absolute Gasteiger partial charge is 0.374 e. The van der Waals surface area contributed by atoms with Crippen LogP contribution in [0.4, 0.5) is 0 Å². The monoisotopic (exact) mass is 180 g/mol. The Morgan fingerprint density at radius 1 is 1.31 bits per heavy atom. The molecule has 0 bridgehead atoms. The van der Waals surface area contributed by atoms with E-state index in [4.69, 9.17) is 4.74 Å². The van der Waals surface area contributed by atoms with Gasteiger partial charge >= 0.3 is 0 Å². The number of rotatable bonds is 4. The highest BCUT2D eigenvalue weighted by Crippen LogP contribution is 2.56. The Labute approximate surface area is 81.9 Å². The third-order valence-corrected chi connectivity index (χ3v) is 2.77. The number of terminal acetylenes is 1. The van der Waals surface area contributed by atoms with Gasteiger partial charge in [0.1, 0.15) is 0 Å². The summed E-state index contributed by atoms with van der Waals surface area (Å²) >= 11 is 0. The SMILES string of the molecule is C#C.CC(C)COC1(C2CC2)CC1. The van der Waals surface area contributed by atoms with E-state index in [0.717, 1.165) is 12.5 Å². The van der Waals surface area contributed by atoms with Crippen molar-refractivity contribution in [1.82, 2.24) is 0 Å². The highest BCUT2D eigenvalue weighted by Gasteiger charge is 2.55. The van der Waals surface area contributed by atoms with Crippen LogP contribution in [0.1, 0.15) is 39.5 Å². The highest BCUT2D eigenvalue weighted by atomic mass is 16.5. The first kappa shape index (κ1) is 10.6. The van der Waals surface area contributed by atoms with Gasteiger partial charge < -0.3 is 4.74 Å². The van der Waals surface area contributed by atoms with Crippen LogP contribution >= 0.6 is 0 Å². The molecule has 0 N–H and O–H groups in total. The number of ether oxygens (including phenoxy) is 1. The minimum atomic E-state index is 0.393. The fourth-order valence-electron chi connectivity index (χ4n) is 1.74. The van der Waals surface area contributed by atoms with E-state index in [1.54, 1.807) is 0 Å². The van der Waals surface area contributed by atoms with E-state index < -0.39 is 0 Å². The zero-order valence-corrected chi connectivity index (χ0v) is 8.75. The lowest BCUT2D eigenvalue weighted by atomic mass is 10.2. The third kappa shape index (κ3) is 2.74. The highest BCUT2D eigenvalue weighted by molar-refractivity contribution is 5.06. The van der Waals surface area contributed by atoms with E-state index in [-0.39, 0.29) is 0 Å². The average molecular weight is 180 g/mol. The average Bonchev–Trinajstić information content (AvgIpc) is 2.98. The first-order valence-electron chi connectivity index (χ1n) is 5.20. The molecule has 1 heteroatoms. The van der Waals surface area contributed by atoms with Gasteiger partial charge in [-0.25, -0.2) is 0 Å². The third-order valence-electron chi connectivity index (χ3n) is 2.77. The molecule has 2 aliphatic rings. The molecule has 0 aromatic carbocycles. The van der Waals surface area contributed by atoms with Gasteiger partial charge in [0, 0.05) is 6.61 Å². The van der Waals surface area contributed by atoms with Crippen molar-refractivity contribution in [3.63, 3.8) is 0 Å². The molecule has 2 rings (SSSR count). The van der Waals surface area contributed by atoms with Crippen molar-refractivity contribution in [3.8, 4) is 12.8 Å². The van der Waals surface area contributed by atoms with Crippen LogP contribution < -0.4 is 0 Å². The molecule has 0 radical (unpaired) electrons. The van der Waals surface area contributed by atoms with Crippen LogP contribution in [-0.4, -0.2) is 12.2 Å². The molecular formula is C12H20O. The second-order valence-electron chi connectivity index (χ2n) is 4.54. The summed E-state index contributed by atoms with van der Waals surface area (Å²) < 4.78 is 5.93. The first-order valence-corrected chi connectivity index (χ1v) is 5.20.